The van der Waals surface area contributed by atoms with Gasteiger partial charge in [0, 0.05) is 6.54 Å². The van der Waals surface area contributed by atoms with Gasteiger partial charge in [-0.05, 0) is 31.0 Å². The van der Waals surface area contributed by atoms with Gasteiger partial charge in [-0.2, -0.15) is 5.10 Å². The van der Waals surface area contributed by atoms with E-state index in [1.165, 1.54) is 18.3 Å². The average molecular weight is 283 g/mol. The summed E-state index contributed by atoms with van der Waals surface area (Å²) in [6.45, 7) is 4.25. The van der Waals surface area contributed by atoms with Gasteiger partial charge in [-0.1, -0.05) is 30.7 Å². The van der Waals surface area contributed by atoms with Gasteiger partial charge in [0.25, 0.3) is 0 Å². The van der Waals surface area contributed by atoms with Gasteiger partial charge in [-0.15, -0.1) is 0 Å². The zero-order valence-corrected chi connectivity index (χ0v) is 11.7. The predicted octanol–water partition coefficient (Wildman–Crippen LogP) is 3.34. The maximum atomic E-state index is 13.3. The number of hydrogen-bond acceptors (Lipinski definition) is 2. The second-order valence-electron chi connectivity index (χ2n) is 4.65. The number of aromatic nitrogens is 2. The number of benzene rings is 1. The van der Waals surface area contributed by atoms with Crippen molar-refractivity contribution in [1.29, 1.82) is 0 Å². The van der Waals surface area contributed by atoms with Crippen molar-refractivity contribution in [3.63, 3.8) is 0 Å². The predicted molar refractivity (Wildman–Crippen MR) is 72.6 cm³/mol. The Bertz CT molecular complexity index is 581. The molecule has 0 aliphatic heterocycles. The quantitative estimate of drug-likeness (QED) is 0.934. The molecule has 0 amide bonds. The van der Waals surface area contributed by atoms with Gasteiger partial charge in [0.05, 0.1) is 16.9 Å². The summed E-state index contributed by atoms with van der Waals surface area (Å²) in [6.07, 6.45) is 2.37. The highest BCUT2D eigenvalue weighted by atomic mass is 35.5. The molecule has 2 aromatic rings. The molecule has 0 saturated carbocycles. The summed E-state index contributed by atoms with van der Waals surface area (Å²) in [5.74, 6) is -0.393. The fraction of sp³-hybridized carbons (Fsp3) is 0.357. The van der Waals surface area contributed by atoms with E-state index in [0.29, 0.717) is 22.8 Å². The van der Waals surface area contributed by atoms with Crippen molar-refractivity contribution in [3.05, 3.63) is 52.6 Å². The summed E-state index contributed by atoms with van der Waals surface area (Å²) in [6, 6.07) is 5.88. The minimum atomic E-state index is -1.38. The minimum absolute atomic E-state index is 0.378. The molecule has 0 aliphatic rings. The Balaban J connectivity index is 2.52. The van der Waals surface area contributed by atoms with Crippen molar-refractivity contribution in [3.8, 4) is 0 Å². The summed E-state index contributed by atoms with van der Waals surface area (Å²) in [5, 5.41) is 15.3. The van der Waals surface area contributed by atoms with Crippen LogP contribution in [0.25, 0.3) is 0 Å². The van der Waals surface area contributed by atoms with E-state index in [4.69, 9.17) is 11.6 Å². The third-order valence-corrected chi connectivity index (χ3v) is 3.35. The number of aliphatic hydroxyl groups is 1. The Hall–Kier alpha value is -1.39. The molecule has 1 heterocycles. The lowest BCUT2D eigenvalue weighted by atomic mass is 9.92. The Kier molecular flexibility index (Phi) is 3.92. The van der Waals surface area contributed by atoms with Gasteiger partial charge in [0.2, 0.25) is 0 Å². The molecule has 2 rings (SSSR count). The second-order valence-corrected chi connectivity index (χ2v) is 5.05. The van der Waals surface area contributed by atoms with Crippen molar-refractivity contribution in [2.75, 3.05) is 0 Å². The Labute approximate surface area is 116 Å². The lowest BCUT2D eigenvalue weighted by Gasteiger charge is -2.25. The first-order valence-electron chi connectivity index (χ1n) is 6.17. The molecule has 0 saturated heterocycles. The molecule has 1 aromatic carbocycles. The van der Waals surface area contributed by atoms with Crippen LogP contribution < -0.4 is 0 Å². The monoisotopic (exact) mass is 282 g/mol. The normalized spacial score (nSPS) is 14.4. The highest BCUT2D eigenvalue weighted by molar-refractivity contribution is 6.31. The highest BCUT2D eigenvalue weighted by Crippen LogP contribution is 2.34. The van der Waals surface area contributed by atoms with Crippen molar-refractivity contribution in [2.24, 2.45) is 0 Å². The van der Waals surface area contributed by atoms with Crippen LogP contribution in [0.1, 0.15) is 31.5 Å². The SMILES string of the molecule is CCCn1ncc(Cl)c1C(C)(O)c1cccc(F)c1. The summed E-state index contributed by atoms with van der Waals surface area (Å²) in [4.78, 5) is 0. The number of rotatable bonds is 4. The topological polar surface area (TPSA) is 38.0 Å². The molecule has 19 heavy (non-hydrogen) atoms. The fourth-order valence-corrected chi connectivity index (χ4v) is 2.48. The molecule has 0 spiro atoms. The average Bonchev–Trinajstić information content (AvgIpc) is 2.71. The lowest BCUT2D eigenvalue weighted by molar-refractivity contribution is 0.0911. The van der Waals surface area contributed by atoms with E-state index in [1.54, 1.807) is 23.7 Å². The van der Waals surface area contributed by atoms with Crippen LogP contribution in [0.3, 0.4) is 0 Å². The lowest BCUT2D eigenvalue weighted by Crippen LogP contribution is -2.27. The smallest absolute Gasteiger partial charge is 0.130 e. The van der Waals surface area contributed by atoms with Gasteiger partial charge >= 0.3 is 0 Å². The van der Waals surface area contributed by atoms with Crippen LogP contribution in [0.15, 0.2) is 30.5 Å². The zero-order chi connectivity index (χ0) is 14.0. The largest absolute Gasteiger partial charge is 0.379 e. The third-order valence-electron chi connectivity index (χ3n) is 3.08. The summed E-state index contributed by atoms with van der Waals surface area (Å²) in [7, 11) is 0. The molecule has 1 atom stereocenters. The van der Waals surface area contributed by atoms with Gasteiger partial charge < -0.3 is 5.11 Å². The molecule has 1 aromatic heterocycles. The Morgan fingerprint density at radius 1 is 1.47 bits per heavy atom. The molecule has 5 heteroatoms. The van der Waals surface area contributed by atoms with Crippen molar-refractivity contribution < 1.29 is 9.50 Å². The highest BCUT2D eigenvalue weighted by Gasteiger charge is 2.32. The van der Waals surface area contributed by atoms with E-state index in [2.05, 4.69) is 5.10 Å². The molecule has 0 bridgehead atoms. The van der Waals surface area contributed by atoms with Gasteiger partial charge in [0.15, 0.2) is 0 Å². The van der Waals surface area contributed by atoms with E-state index in [9.17, 15) is 9.50 Å². The van der Waals surface area contributed by atoms with E-state index in [0.717, 1.165) is 6.42 Å². The van der Waals surface area contributed by atoms with Crippen LogP contribution in [-0.2, 0) is 12.1 Å². The molecule has 0 radical (unpaired) electrons. The van der Waals surface area contributed by atoms with Crippen molar-refractivity contribution in [2.45, 2.75) is 32.4 Å². The van der Waals surface area contributed by atoms with E-state index in [1.807, 2.05) is 6.92 Å². The van der Waals surface area contributed by atoms with Crippen LogP contribution in [0.2, 0.25) is 5.02 Å². The molecule has 102 valence electrons. The third kappa shape index (κ3) is 2.65. The van der Waals surface area contributed by atoms with Crippen LogP contribution in [0.4, 0.5) is 4.39 Å². The minimum Gasteiger partial charge on any atom is -0.379 e. The number of nitrogens with zero attached hydrogens (tertiary/aromatic N) is 2. The summed E-state index contributed by atoms with van der Waals surface area (Å²) >= 11 is 6.12. The van der Waals surface area contributed by atoms with Crippen LogP contribution in [-0.4, -0.2) is 14.9 Å². The van der Waals surface area contributed by atoms with Crippen molar-refractivity contribution in [1.82, 2.24) is 9.78 Å². The molecule has 3 nitrogen and oxygen atoms in total. The van der Waals surface area contributed by atoms with Crippen LogP contribution >= 0.6 is 11.6 Å². The first-order chi connectivity index (χ1) is 8.96. The molecule has 1 unspecified atom stereocenters. The standard InChI is InChI=1S/C14H16ClFN2O/c1-3-7-18-13(12(15)9-17-18)14(2,19)10-5-4-6-11(16)8-10/h4-6,8-9,19H,3,7H2,1-2H3. The molecule has 0 fully saturated rings. The summed E-state index contributed by atoms with van der Waals surface area (Å²) in [5.41, 5.74) is -0.445. The second kappa shape index (κ2) is 5.31. The zero-order valence-electron chi connectivity index (χ0n) is 10.9. The number of halogens is 2. The Morgan fingerprint density at radius 2 is 2.21 bits per heavy atom. The maximum absolute atomic E-state index is 13.3. The van der Waals surface area contributed by atoms with E-state index < -0.39 is 11.4 Å². The van der Waals surface area contributed by atoms with Crippen LogP contribution in [0.5, 0.6) is 0 Å². The maximum Gasteiger partial charge on any atom is 0.130 e. The number of hydrogen-bond donors (Lipinski definition) is 1. The van der Waals surface area contributed by atoms with Crippen LogP contribution in [0, 0.1) is 5.82 Å². The summed E-state index contributed by atoms with van der Waals surface area (Å²) < 4.78 is 15.0. The van der Waals surface area contributed by atoms with Gasteiger partial charge in [-0.25, -0.2) is 4.39 Å². The number of aryl methyl sites for hydroxylation is 1. The first kappa shape index (κ1) is 14.0. The molecule has 1 N–H and O–H groups in total. The molecule has 0 aliphatic carbocycles. The van der Waals surface area contributed by atoms with E-state index in [-0.39, 0.29) is 0 Å². The fourth-order valence-electron chi connectivity index (χ4n) is 2.16. The molecular weight excluding hydrogens is 267 g/mol. The van der Waals surface area contributed by atoms with Gasteiger partial charge in [0.1, 0.15) is 11.4 Å². The first-order valence-corrected chi connectivity index (χ1v) is 6.54. The van der Waals surface area contributed by atoms with E-state index >= 15 is 0 Å². The van der Waals surface area contributed by atoms with Gasteiger partial charge in [-0.3, -0.25) is 4.68 Å². The van der Waals surface area contributed by atoms with Crippen molar-refractivity contribution >= 4 is 11.6 Å². The Morgan fingerprint density at radius 3 is 2.84 bits per heavy atom. The molecular formula is C14H16ClFN2O.